The maximum atomic E-state index is 6.70. The van der Waals surface area contributed by atoms with Crippen LogP contribution in [0.1, 0.15) is 23.1 Å². The molecule has 0 amide bonds. The van der Waals surface area contributed by atoms with Gasteiger partial charge in [0.2, 0.25) is 0 Å². The summed E-state index contributed by atoms with van der Waals surface area (Å²) in [7, 11) is 0. The number of dihydropyridines is 1. The molecule has 0 saturated carbocycles. The molecule has 0 radical (unpaired) electrons. The second-order valence-corrected chi connectivity index (χ2v) is 10.4. The standard InChI is InChI=1S/C31H30ClN5/c32-27-11-10-24(18-26(27)30-35-19-29(36-30)22-6-2-1-3-7-22)31(13-5-15-34-21-31)14-17-37-16-12-25-23(20-37)8-4-9-28(25)33/h1-11,13,15,18-19H,12,14,16-17,20-21,33H2,(H,35,36). The molecule has 0 spiro atoms. The van der Waals surface area contributed by atoms with Crippen molar-refractivity contribution in [2.45, 2.75) is 24.8 Å². The number of halogens is 1. The lowest BCUT2D eigenvalue weighted by atomic mass is 9.75. The number of fused-ring (bicyclic) bond motifs is 1. The molecule has 1 unspecified atom stereocenters. The van der Waals surface area contributed by atoms with Crippen LogP contribution in [0, 0.1) is 0 Å². The van der Waals surface area contributed by atoms with Gasteiger partial charge in [0.25, 0.3) is 0 Å². The molecule has 1 aromatic heterocycles. The molecule has 4 aromatic rings. The summed E-state index contributed by atoms with van der Waals surface area (Å²) in [5, 5.41) is 0.682. The van der Waals surface area contributed by atoms with Crippen molar-refractivity contribution in [3.8, 4) is 22.6 Å². The largest absolute Gasteiger partial charge is 0.398 e. The number of allylic oxidation sites excluding steroid dienone is 1. The van der Waals surface area contributed by atoms with Crippen molar-refractivity contribution in [1.82, 2.24) is 14.9 Å². The third-order valence-electron chi connectivity index (χ3n) is 7.69. The third-order valence-corrected chi connectivity index (χ3v) is 8.02. The minimum atomic E-state index is -0.196. The smallest absolute Gasteiger partial charge is 0.139 e. The number of imidazole rings is 1. The van der Waals surface area contributed by atoms with E-state index in [1.165, 1.54) is 16.7 Å². The number of anilines is 1. The molecule has 0 fully saturated rings. The quantitative estimate of drug-likeness (QED) is 0.300. The molecular weight excluding hydrogens is 478 g/mol. The van der Waals surface area contributed by atoms with Gasteiger partial charge in [0.1, 0.15) is 5.82 Å². The predicted molar refractivity (Wildman–Crippen MR) is 153 cm³/mol. The molecule has 2 aliphatic rings. The Morgan fingerprint density at radius 3 is 2.78 bits per heavy atom. The van der Waals surface area contributed by atoms with Crippen molar-refractivity contribution >= 4 is 23.5 Å². The zero-order valence-electron chi connectivity index (χ0n) is 20.7. The number of aliphatic imine (C=N–C) groups is 1. The van der Waals surface area contributed by atoms with Crippen molar-refractivity contribution < 1.29 is 0 Å². The first-order valence-electron chi connectivity index (χ1n) is 12.8. The van der Waals surface area contributed by atoms with Crippen LogP contribution in [0.15, 0.2) is 90.1 Å². The normalized spacial score (nSPS) is 19.2. The number of hydrogen-bond acceptors (Lipinski definition) is 4. The highest BCUT2D eigenvalue weighted by atomic mass is 35.5. The van der Waals surface area contributed by atoms with Gasteiger partial charge in [0.05, 0.1) is 23.5 Å². The monoisotopic (exact) mass is 507 g/mol. The SMILES string of the molecule is Nc1cccc2c1CCN(CCC1(c3ccc(Cl)c(-c4ncc(-c5ccccc5)[nH]4)c3)C=CC=NC1)C2. The summed E-state index contributed by atoms with van der Waals surface area (Å²) >= 11 is 6.70. The molecule has 3 heterocycles. The average Bonchev–Trinajstić information content (AvgIpc) is 3.43. The number of nitrogen functional groups attached to an aromatic ring is 1. The maximum absolute atomic E-state index is 6.70. The number of aromatic nitrogens is 2. The lowest BCUT2D eigenvalue weighted by Crippen LogP contribution is -2.38. The highest BCUT2D eigenvalue weighted by Crippen LogP contribution is 2.38. The van der Waals surface area contributed by atoms with E-state index in [2.05, 4.69) is 68.4 Å². The fourth-order valence-corrected chi connectivity index (χ4v) is 5.74. The number of nitrogens with one attached hydrogen (secondary N) is 1. The zero-order chi connectivity index (χ0) is 25.2. The van der Waals surface area contributed by atoms with Gasteiger partial charge >= 0.3 is 0 Å². The molecular formula is C31H30ClN5. The van der Waals surface area contributed by atoms with Gasteiger partial charge in [-0.1, -0.05) is 66.2 Å². The lowest BCUT2D eigenvalue weighted by molar-refractivity contribution is 0.234. The molecule has 0 saturated heterocycles. The number of H-pyrrole nitrogens is 1. The molecule has 6 heteroatoms. The van der Waals surface area contributed by atoms with Crippen LogP contribution in [0.2, 0.25) is 5.02 Å². The molecule has 3 aromatic carbocycles. The number of rotatable bonds is 6. The summed E-state index contributed by atoms with van der Waals surface area (Å²) in [4.78, 5) is 15.4. The Balaban J connectivity index is 1.27. The Morgan fingerprint density at radius 2 is 1.95 bits per heavy atom. The Morgan fingerprint density at radius 1 is 1.05 bits per heavy atom. The topological polar surface area (TPSA) is 70.3 Å². The summed E-state index contributed by atoms with van der Waals surface area (Å²) in [5.74, 6) is 0.773. The second-order valence-electron chi connectivity index (χ2n) is 9.97. The molecule has 3 N–H and O–H groups in total. The Kier molecular flexibility index (Phi) is 6.41. The highest BCUT2D eigenvalue weighted by Gasteiger charge is 2.32. The number of benzene rings is 3. The molecule has 1 atom stereocenters. The fourth-order valence-electron chi connectivity index (χ4n) is 5.54. The van der Waals surface area contributed by atoms with Crippen LogP contribution < -0.4 is 5.73 Å². The first kappa shape index (κ1) is 23.7. The zero-order valence-corrected chi connectivity index (χ0v) is 21.5. The summed E-state index contributed by atoms with van der Waals surface area (Å²) in [6, 6.07) is 22.8. The van der Waals surface area contributed by atoms with E-state index in [1.54, 1.807) is 0 Å². The summed E-state index contributed by atoms with van der Waals surface area (Å²) in [6.07, 6.45) is 10.1. The van der Waals surface area contributed by atoms with E-state index in [4.69, 9.17) is 17.3 Å². The summed E-state index contributed by atoms with van der Waals surface area (Å²) in [6.45, 7) is 3.65. The molecule has 37 heavy (non-hydrogen) atoms. The minimum Gasteiger partial charge on any atom is -0.398 e. The molecule has 0 bridgehead atoms. The molecule has 5 nitrogen and oxygen atoms in total. The van der Waals surface area contributed by atoms with Crippen molar-refractivity contribution in [3.63, 3.8) is 0 Å². The molecule has 6 rings (SSSR count). The Bertz CT molecular complexity index is 1470. The molecule has 0 aliphatic carbocycles. The second kappa shape index (κ2) is 10.0. The first-order valence-corrected chi connectivity index (χ1v) is 13.2. The van der Waals surface area contributed by atoms with Gasteiger partial charge in [-0.2, -0.15) is 0 Å². The number of hydrogen-bond donors (Lipinski definition) is 2. The van der Waals surface area contributed by atoms with Gasteiger partial charge in [-0.3, -0.25) is 9.89 Å². The van der Waals surface area contributed by atoms with E-state index in [0.717, 1.165) is 67.4 Å². The van der Waals surface area contributed by atoms with Crippen molar-refractivity contribution in [3.05, 3.63) is 107 Å². The van der Waals surface area contributed by atoms with Crippen LogP contribution in [0.3, 0.4) is 0 Å². The Hall–Kier alpha value is -3.67. The number of nitrogens with two attached hydrogens (primary N) is 1. The van der Waals surface area contributed by atoms with Crippen LogP contribution >= 0.6 is 11.6 Å². The van der Waals surface area contributed by atoms with Crippen molar-refractivity contribution in [1.29, 1.82) is 0 Å². The summed E-state index contributed by atoms with van der Waals surface area (Å²) in [5.41, 5.74) is 13.8. The van der Waals surface area contributed by atoms with E-state index in [-0.39, 0.29) is 5.41 Å². The van der Waals surface area contributed by atoms with E-state index in [9.17, 15) is 0 Å². The lowest BCUT2D eigenvalue weighted by Gasteiger charge is -2.36. The van der Waals surface area contributed by atoms with Gasteiger partial charge in [-0.05, 0) is 65.9 Å². The van der Waals surface area contributed by atoms with Crippen LogP contribution in [-0.4, -0.2) is 40.7 Å². The fraction of sp³-hybridized carbons (Fsp3) is 0.226. The minimum absolute atomic E-state index is 0.196. The first-order chi connectivity index (χ1) is 18.1. The van der Waals surface area contributed by atoms with Gasteiger partial charge in [0, 0.05) is 36.0 Å². The van der Waals surface area contributed by atoms with Crippen molar-refractivity contribution in [2.24, 2.45) is 4.99 Å². The number of nitrogens with zero attached hydrogens (tertiary/aromatic N) is 3. The highest BCUT2D eigenvalue weighted by molar-refractivity contribution is 6.33. The van der Waals surface area contributed by atoms with Gasteiger partial charge in [0.15, 0.2) is 0 Å². The number of aromatic amines is 1. The average molecular weight is 508 g/mol. The molecule has 186 valence electrons. The van der Waals surface area contributed by atoms with Gasteiger partial charge in [-0.25, -0.2) is 4.98 Å². The van der Waals surface area contributed by atoms with E-state index in [1.807, 2.05) is 42.7 Å². The van der Waals surface area contributed by atoms with E-state index < -0.39 is 0 Å². The Labute approximate surface area is 222 Å². The van der Waals surface area contributed by atoms with Crippen LogP contribution in [0.5, 0.6) is 0 Å². The maximum Gasteiger partial charge on any atom is 0.139 e. The third kappa shape index (κ3) is 4.73. The summed E-state index contributed by atoms with van der Waals surface area (Å²) < 4.78 is 0. The predicted octanol–water partition coefficient (Wildman–Crippen LogP) is 6.31. The van der Waals surface area contributed by atoms with Gasteiger partial charge in [-0.15, -0.1) is 0 Å². The van der Waals surface area contributed by atoms with Crippen LogP contribution in [-0.2, 0) is 18.4 Å². The van der Waals surface area contributed by atoms with E-state index in [0.29, 0.717) is 5.02 Å². The van der Waals surface area contributed by atoms with E-state index >= 15 is 0 Å². The van der Waals surface area contributed by atoms with Crippen LogP contribution in [0.25, 0.3) is 22.6 Å². The van der Waals surface area contributed by atoms with Crippen molar-refractivity contribution in [2.75, 3.05) is 25.4 Å². The van der Waals surface area contributed by atoms with Gasteiger partial charge < -0.3 is 10.7 Å². The van der Waals surface area contributed by atoms with Crippen LogP contribution in [0.4, 0.5) is 5.69 Å². The molecule has 2 aliphatic heterocycles.